The first-order valence-electron chi connectivity index (χ1n) is 6.91. The molecule has 0 atom stereocenters. The van der Waals surface area contributed by atoms with Crippen LogP contribution >= 0.6 is 11.6 Å². The number of hydrogen-bond acceptors (Lipinski definition) is 3. The molecule has 1 aliphatic heterocycles. The number of nitrogens with one attached hydrogen (secondary N) is 2. The van der Waals surface area contributed by atoms with E-state index in [0.29, 0.717) is 5.15 Å². The highest BCUT2D eigenvalue weighted by Crippen LogP contribution is 2.21. The SMILES string of the molecule is CCCCC1=NC/C(=C/c2c[nH]c3nc(Cl)ccc23)N1. The van der Waals surface area contributed by atoms with Crippen LogP contribution in [0.2, 0.25) is 5.15 Å². The van der Waals surface area contributed by atoms with Gasteiger partial charge in [-0.25, -0.2) is 4.98 Å². The molecule has 3 heterocycles. The second-order valence-corrected chi connectivity index (χ2v) is 5.32. The number of unbranched alkanes of at least 4 members (excludes halogenated alkanes) is 1. The maximum absolute atomic E-state index is 5.89. The molecule has 2 aromatic rings. The Labute approximate surface area is 123 Å². The van der Waals surface area contributed by atoms with Crippen molar-refractivity contribution in [2.45, 2.75) is 26.2 Å². The maximum atomic E-state index is 5.89. The van der Waals surface area contributed by atoms with Crippen molar-refractivity contribution < 1.29 is 0 Å². The molecule has 3 rings (SSSR count). The van der Waals surface area contributed by atoms with Crippen LogP contribution in [-0.4, -0.2) is 22.3 Å². The summed E-state index contributed by atoms with van der Waals surface area (Å²) in [5.41, 5.74) is 3.06. The smallest absolute Gasteiger partial charge is 0.139 e. The number of halogens is 1. The van der Waals surface area contributed by atoms with Gasteiger partial charge in [-0.15, -0.1) is 0 Å². The van der Waals surface area contributed by atoms with Gasteiger partial charge in [0.15, 0.2) is 0 Å². The Bertz CT molecular complexity index is 684. The summed E-state index contributed by atoms with van der Waals surface area (Å²) in [5, 5.41) is 4.97. The van der Waals surface area contributed by atoms with Crippen LogP contribution in [-0.2, 0) is 0 Å². The molecule has 0 unspecified atom stereocenters. The Kier molecular flexibility index (Phi) is 3.74. The van der Waals surface area contributed by atoms with Crippen molar-refractivity contribution in [1.82, 2.24) is 15.3 Å². The van der Waals surface area contributed by atoms with Gasteiger partial charge < -0.3 is 10.3 Å². The van der Waals surface area contributed by atoms with E-state index in [2.05, 4.69) is 33.3 Å². The largest absolute Gasteiger partial charge is 0.346 e. The monoisotopic (exact) mass is 288 g/mol. The summed E-state index contributed by atoms with van der Waals surface area (Å²) in [6.07, 6.45) is 7.46. The van der Waals surface area contributed by atoms with E-state index in [9.17, 15) is 0 Å². The Morgan fingerprint density at radius 2 is 2.30 bits per heavy atom. The fourth-order valence-electron chi connectivity index (χ4n) is 2.32. The predicted octanol–water partition coefficient (Wildman–Crippen LogP) is 3.75. The number of H-pyrrole nitrogens is 1. The summed E-state index contributed by atoms with van der Waals surface area (Å²) in [4.78, 5) is 11.9. The second kappa shape index (κ2) is 5.67. The van der Waals surface area contributed by atoms with E-state index < -0.39 is 0 Å². The average Bonchev–Trinajstić information content (AvgIpc) is 3.04. The zero-order valence-electron chi connectivity index (χ0n) is 11.4. The third kappa shape index (κ3) is 2.70. The van der Waals surface area contributed by atoms with Gasteiger partial charge in [-0.2, -0.15) is 0 Å². The van der Waals surface area contributed by atoms with Crippen LogP contribution in [0, 0.1) is 0 Å². The van der Waals surface area contributed by atoms with E-state index in [1.807, 2.05) is 18.3 Å². The molecule has 0 aliphatic carbocycles. The predicted molar refractivity (Wildman–Crippen MR) is 84.0 cm³/mol. The molecule has 0 bridgehead atoms. The molecule has 0 saturated heterocycles. The molecular weight excluding hydrogens is 272 g/mol. The van der Waals surface area contributed by atoms with Crippen LogP contribution in [0.25, 0.3) is 17.1 Å². The highest BCUT2D eigenvalue weighted by atomic mass is 35.5. The van der Waals surface area contributed by atoms with E-state index >= 15 is 0 Å². The molecule has 0 amide bonds. The summed E-state index contributed by atoms with van der Waals surface area (Å²) in [7, 11) is 0. The fourth-order valence-corrected chi connectivity index (χ4v) is 2.47. The lowest BCUT2D eigenvalue weighted by Crippen LogP contribution is -2.16. The van der Waals surface area contributed by atoms with Crippen molar-refractivity contribution in [3.63, 3.8) is 0 Å². The lowest BCUT2D eigenvalue weighted by atomic mass is 10.2. The summed E-state index contributed by atoms with van der Waals surface area (Å²) in [6.45, 7) is 2.92. The van der Waals surface area contributed by atoms with E-state index in [-0.39, 0.29) is 0 Å². The van der Waals surface area contributed by atoms with Crippen molar-refractivity contribution in [3.8, 4) is 0 Å². The first-order valence-corrected chi connectivity index (χ1v) is 7.28. The van der Waals surface area contributed by atoms with Gasteiger partial charge in [0.05, 0.1) is 6.54 Å². The number of aromatic nitrogens is 2. The normalized spacial score (nSPS) is 16.7. The Morgan fingerprint density at radius 1 is 1.40 bits per heavy atom. The molecule has 0 saturated carbocycles. The molecule has 2 N–H and O–H groups in total. The number of fused-ring (bicyclic) bond motifs is 1. The van der Waals surface area contributed by atoms with Gasteiger partial charge >= 0.3 is 0 Å². The second-order valence-electron chi connectivity index (χ2n) is 4.94. The first kappa shape index (κ1) is 13.2. The van der Waals surface area contributed by atoms with Crippen LogP contribution < -0.4 is 5.32 Å². The molecule has 1 aliphatic rings. The van der Waals surface area contributed by atoms with Crippen LogP contribution in [0.1, 0.15) is 31.7 Å². The first-order chi connectivity index (χ1) is 9.76. The lowest BCUT2D eigenvalue weighted by Gasteiger charge is -2.02. The minimum absolute atomic E-state index is 0.503. The molecule has 0 aromatic carbocycles. The van der Waals surface area contributed by atoms with Crippen molar-refractivity contribution >= 4 is 34.5 Å². The molecule has 20 heavy (non-hydrogen) atoms. The third-order valence-corrected chi connectivity index (χ3v) is 3.59. The number of pyridine rings is 1. The molecule has 5 heteroatoms. The standard InChI is InChI=1S/C15H17ClN4/c1-2-3-4-14-17-9-11(19-14)7-10-8-18-15-12(10)5-6-13(16)20-15/h5-8H,2-4,9H2,1H3,(H,17,19)(H,18,20)/b11-7-. The number of nitrogens with zero attached hydrogens (tertiary/aromatic N) is 2. The van der Waals surface area contributed by atoms with Gasteiger partial charge in [-0.3, -0.25) is 4.99 Å². The van der Waals surface area contributed by atoms with Crippen molar-refractivity contribution in [2.24, 2.45) is 4.99 Å². The van der Waals surface area contributed by atoms with E-state index in [1.165, 1.54) is 12.8 Å². The topological polar surface area (TPSA) is 53.1 Å². The number of rotatable bonds is 4. The lowest BCUT2D eigenvalue weighted by molar-refractivity contribution is 0.825. The molecule has 2 aromatic heterocycles. The molecule has 0 spiro atoms. The summed E-state index contributed by atoms with van der Waals surface area (Å²) in [6, 6.07) is 3.80. The zero-order chi connectivity index (χ0) is 13.9. The average molecular weight is 289 g/mol. The summed E-state index contributed by atoms with van der Waals surface area (Å²) >= 11 is 5.89. The number of hydrogen-bond donors (Lipinski definition) is 2. The van der Waals surface area contributed by atoms with Crippen LogP contribution in [0.3, 0.4) is 0 Å². The van der Waals surface area contributed by atoms with Crippen LogP contribution in [0.5, 0.6) is 0 Å². The molecule has 104 valence electrons. The third-order valence-electron chi connectivity index (χ3n) is 3.38. The van der Waals surface area contributed by atoms with Crippen LogP contribution in [0.4, 0.5) is 0 Å². The maximum Gasteiger partial charge on any atom is 0.139 e. The number of aromatic amines is 1. The highest BCUT2D eigenvalue weighted by Gasteiger charge is 2.11. The Hall–Kier alpha value is -1.81. The fraction of sp³-hybridized carbons (Fsp3) is 0.333. The van der Waals surface area contributed by atoms with Gasteiger partial charge in [0.25, 0.3) is 0 Å². The summed E-state index contributed by atoms with van der Waals surface area (Å²) in [5.74, 6) is 1.10. The van der Waals surface area contributed by atoms with Crippen LogP contribution in [0.15, 0.2) is 29.0 Å². The number of aliphatic imine (C=N–C) groups is 1. The van der Waals surface area contributed by atoms with Gasteiger partial charge in [0.2, 0.25) is 0 Å². The van der Waals surface area contributed by atoms with Gasteiger partial charge in [0, 0.05) is 29.3 Å². The van der Waals surface area contributed by atoms with Gasteiger partial charge in [-0.1, -0.05) is 24.9 Å². The van der Waals surface area contributed by atoms with Gasteiger partial charge in [0.1, 0.15) is 16.6 Å². The van der Waals surface area contributed by atoms with E-state index in [1.54, 1.807) is 0 Å². The Morgan fingerprint density at radius 3 is 3.15 bits per heavy atom. The zero-order valence-corrected chi connectivity index (χ0v) is 12.2. The van der Waals surface area contributed by atoms with Crippen molar-refractivity contribution in [1.29, 1.82) is 0 Å². The minimum atomic E-state index is 0.503. The minimum Gasteiger partial charge on any atom is -0.346 e. The molecule has 0 radical (unpaired) electrons. The number of amidine groups is 1. The van der Waals surface area contributed by atoms with E-state index in [4.69, 9.17) is 11.6 Å². The quantitative estimate of drug-likeness (QED) is 0.842. The molecular formula is C15H17ClN4. The van der Waals surface area contributed by atoms with E-state index in [0.717, 1.165) is 41.1 Å². The van der Waals surface area contributed by atoms with Crippen molar-refractivity contribution in [2.75, 3.05) is 6.54 Å². The van der Waals surface area contributed by atoms with Gasteiger partial charge in [-0.05, 0) is 24.6 Å². The van der Waals surface area contributed by atoms with Crippen molar-refractivity contribution in [3.05, 3.63) is 34.7 Å². The molecule has 0 fully saturated rings. The molecule has 4 nitrogen and oxygen atoms in total. The summed E-state index contributed by atoms with van der Waals surface area (Å²) < 4.78 is 0. The Balaban J connectivity index is 1.79. The highest BCUT2D eigenvalue weighted by molar-refractivity contribution is 6.29.